The first-order valence-corrected chi connectivity index (χ1v) is 8.96. The maximum atomic E-state index is 12.4. The Bertz CT molecular complexity index is 777. The molecule has 1 N–H and O–H groups in total. The van der Waals surface area contributed by atoms with Crippen LogP contribution in [0.15, 0.2) is 24.3 Å². The van der Waals surface area contributed by atoms with Gasteiger partial charge in [0.15, 0.2) is 0 Å². The molecule has 1 aliphatic heterocycles. The molecule has 7 nitrogen and oxygen atoms in total. The minimum atomic E-state index is -0.396. The van der Waals surface area contributed by atoms with Gasteiger partial charge in [0.05, 0.1) is 5.92 Å². The Labute approximate surface area is 150 Å². The highest BCUT2D eigenvalue weighted by Gasteiger charge is 2.35. The van der Waals surface area contributed by atoms with E-state index >= 15 is 0 Å². The smallest absolute Gasteiger partial charge is 0.231 e. The topological polar surface area (TPSA) is 84.4 Å². The fourth-order valence-electron chi connectivity index (χ4n) is 2.69. The molecule has 0 radical (unpaired) electrons. The van der Waals surface area contributed by atoms with Crippen LogP contribution in [-0.2, 0) is 20.9 Å². The quantitative estimate of drug-likeness (QED) is 0.855. The van der Waals surface area contributed by atoms with Crippen molar-refractivity contribution < 1.29 is 14.3 Å². The summed E-state index contributed by atoms with van der Waals surface area (Å²) >= 11 is 1.28. The van der Waals surface area contributed by atoms with Gasteiger partial charge in [-0.2, -0.15) is 0 Å². The molecule has 2 amide bonds. The first-order valence-electron chi connectivity index (χ1n) is 8.15. The van der Waals surface area contributed by atoms with Gasteiger partial charge >= 0.3 is 0 Å². The maximum Gasteiger partial charge on any atom is 0.231 e. The predicted octanol–water partition coefficient (Wildman–Crippen LogP) is 2.37. The average molecular weight is 360 g/mol. The highest BCUT2D eigenvalue weighted by Crippen LogP contribution is 2.27. The number of amides is 2. The van der Waals surface area contributed by atoms with Crippen molar-refractivity contribution in [3.05, 3.63) is 34.8 Å². The number of nitrogens with one attached hydrogen (secondary N) is 1. The second kappa shape index (κ2) is 7.71. The van der Waals surface area contributed by atoms with Gasteiger partial charge in [-0.1, -0.05) is 23.5 Å². The number of carbonyl (C=O) groups excluding carboxylic acids is 2. The Balaban J connectivity index is 1.62. The van der Waals surface area contributed by atoms with Crippen molar-refractivity contribution >= 4 is 34.0 Å². The van der Waals surface area contributed by atoms with E-state index in [0.717, 1.165) is 11.3 Å². The minimum absolute atomic E-state index is 0.0416. The highest BCUT2D eigenvalue weighted by atomic mass is 32.1. The molecule has 1 saturated heterocycles. The van der Waals surface area contributed by atoms with Gasteiger partial charge in [-0.05, 0) is 31.5 Å². The van der Waals surface area contributed by atoms with E-state index in [-0.39, 0.29) is 18.2 Å². The zero-order chi connectivity index (χ0) is 17.8. The number of aryl methyl sites for hydroxylation is 1. The summed E-state index contributed by atoms with van der Waals surface area (Å²) in [6.07, 6.45) is 0.199. The van der Waals surface area contributed by atoms with Crippen LogP contribution in [0.5, 0.6) is 0 Å². The van der Waals surface area contributed by atoms with Crippen molar-refractivity contribution in [2.24, 2.45) is 5.92 Å². The fourth-order valence-corrected chi connectivity index (χ4v) is 3.37. The zero-order valence-electron chi connectivity index (χ0n) is 14.2. The van der Waals surface area contributed by atoms with Crippen LogP contribution < -0.4 is 10.2 Å². The van der Waals surface area contributed by atoms with E-state index in [4.69, 9.17) is 4.74 Å². The number of hydrogen-bond donors (Lipinski definition) is 1. The zero-order valence-corrected chi connectivity index (χ0v) is 15.0. The molecule has 25 heavy (non-hydrogen) atoms. The van der Waals surface area contributed by atoms with Gasteiger partial charge in [0, 0.05) is 25.3 Å². The minimum Gasteiger partial charge on any atom is -0.374 e. The van der Waals surface area contributed by atoms with Crippen LogP contribution in [0, 0.1) is 12.8 Å². The number of hydrogen-bond acceptors (Lipinski definition) is 6. The number of nitrogens with zero attached hydrogens (tertiary/aromatic N) is 3. The second-order valence-corrected chi connectivity index (χ2v) is 6.93. The lowest BCUT2D eigenvalue weighted by Crippen LogP contribution is -2.28. The van der Waals surface area contributed by atoms with Crippen LogP contribution in [0.2, 0.25) is 0 Å². The van der Waals surface area contributed by atoms with Crippen LogP contribution in [-0.4, -0.2) is 35.2 Å². The van der Waals surface area contributed by atoms with E-state index in [1.807, 2.05) is 38.1 Å². The Hall–Kier alpha value is -2.32. The van der Waals surface area contributed by atoms with E-state index in [0.29, 0.717) is 29.9 Å². The van der Waals surface area contributed by atoms with Gasteiger partial charge in [0.2, 0.25) is 16.9 Å². The summed E-state index contributed by atoms with van der Waals surface area (Å²) in [6.45, 7) is 5.23. The Kier molecular flexibility index (Phi) is 5.40. The van der Waals surface area contributed by atoms with E-state index in [1.54, 1.807) is 4.90 Å². The van der Waals surface area contributed by atoms with Gasteiger partial charge in [-0.3, -0.25) is 9.59 Å². The lowest BCUT2D eigenvalue weighted by Gasteiger charge is -2.17. The van der Waals surface area contributed by atoms with Crippen molar-refractivity contribution in [2.75, 3.05) is 23.4 Å². The van der Waals surface area contributed by atoms with Crippen LogP contribution in [0.3, 0.4) is 0 Å². The van der Waals surface area contributed by atoms with Crippen LogP contribution in [0.4, 0.5) is 10.8 Å². The molecule has 0 bridgehead atoms. The third-order valence-corrected chi connectivity index (χ3v) is 4.75. The molecule has 8 heteroatoms. The Morgan fingerprint density at radius 3 is 3.04 bits per heavy atom. The van der Waals surface area contributed by atoms with Gasteiger partial charge in [0.1, 0.15) is 11.6 Å². The van der Waals surface area contributed by atoms with Crippen LogP contribution in [0.1, 0.15) is 23.9 Å². The summed E-state index contributed by atoms with van der Waals surface area (Å²) in [7, 11) is 0. The molecular weight excluding hydrogens is 340 g/mol. The summed E-state index contributed by atoms with van der Waals surface area (Å²) in [6, 6.07) is 7.72. The summed E-state index contributed by atoms with van der Waals surface area (Å²) in [4.78, 5) is 26.4. The Morgan fingerprint density at radius 2 is 2.28 bits per heavy atom. The number of rotatable bonds is 6. The molecule has 0 spiro atoms. The molecule has 2 aromatic rings. The van der Waals surface area contributed by atoms with Crippen LogP contribution in [0.25, 0.3) is 0 Å². The van der Waals surface area contributed by atoms with Crippen molar-refractivity contribution in [1.82, 2.24) is 10.2 Å². The molecule has 3 rings (SSSR count). The summed E-state index contributed by atoms with van der Waals surface area (Å²) in [5, 5.41) is 11.8. The molecule has 0 aliphatic carbocycles. The molecule has 1 aromatic carbocycles. The first-order chi connectivity index (χ1) is 12.1. The third kappa shape index (κ3) is 4.21. The van der Waals surface area contributed by atoms with E-state index < -0.39 is 5.92 Å². The van der Waals surface area contributed by atoms with Crippen molar-refractivity contribution in [3.63, 3.8) is 0 Å². The number of carbonyl (C=O) groups is 2. The SMILES string of the molecule is CCOCc1nnc(NC(=O)C2CC(=O)N(c3cccc(C)c3)C2)s1. The predicted molar refractivity (Wildman–Crippen MR) is 95.5 cm³/mol. The number of benzene rings is 1. The summed E-state index contributed by atoms with van der Waals surface area (Å²) < 4.78 is 5.27. The fraction of sp³-hybridized carbons (Fsp3) is 0.412. The lowest BCUT2D eigenvalue weighted by molar-refractivity contribution is -0.122. The number of ether oxygens (including phenoxy) is 1. The molecule has 1 aliphatic rings. The Morgan fingerprint density at radius 1 is 1.44 bits per heavy atom. The van der Waals surface area contributed by atoms with Crippen molar-refractivity contribution in [2.45, 2.75) is 26.9 Å². The molecule has 2 heterocycles. The van der Waals surface area contributed by atoms with Gasteiger partial charge in [-0.25, -0.2) is 0 Å². The third-order valence-electron chi connectivity index (χ3n) is 3.94. The maximum absolute atomic E-state index is 12.4. The van der Waals surface area contributed by atoms with E-state index in [1.165, 1.54) is 11.3 Å². The second-order valence-electron chi connectivity index (χ2n) is 5.87. The molecule has 1 fully saturated rings. The molecule has 1 aromatic heterocycles. The molecule has 1 unspecified atom stereocenters. The standard InChI is InChI=1S/C17H20N4O3S/c1-3-24-10-14-19-20-17(25-14)18-16(23)12-8-15(22)21(9-12)13-6-4-5-11(2)7-13/h4-7,12H,3,8-10H2,1-2H3,(H,18,20,23). The largest absolute Gasteiger partial charge is 0.374 e. The summed E-state index contributed by atoms with van der Waals surface area (Å²) in [5.41, 5.74) is 1.91. The van der Waals surface area contributed by atoms with Crippen molar-refractivity contribution in [1.29, 1.82) is 0 Å². The number of aromatic nitrogens is 2. The van der Waals surface area contributed by atoms with Gasteiger partial charge < -0.3 is 15.0 Å². The van der Waals surface area contributed by atoms with Crippen molar-refractivity contribution in [3.8, 4) is 0 Å². The van der Waals surface area contributed by atoms with E-state index in [2.05, 4.69) is 15.5 Å². The molecule has 0 saturated carbocycles. The molecule has 1 atom stereocenters. The average Bonchev–Trinajstić information content (AvgIpc) is 3.19. The van der Waals surface area contributed by atoms with Gasteiger partial charge in [-0.15, -0.1) is 10.2 Å². The molecular formula is C17H20N4O3S. The van der Waals surface area contributed by atoms with Gasteiger partial charge in [0.25, 0.3) is 0 Å². The normalized spacial score (nSPS) is 17.1. The molecule has 132 valence electrons. The highest BCUT2D eigenvalue weighted by molar-refractivity contribution is 7.15. The number of anilines is 2. The van der Waals surface area contributed by atoms with Crippen LogP contribution >= 0.6 is 11.3 Å². The monoisotopic (exact) mass is 360 g/mol. The summed E-state index contributed by atoms with van der Waals surface area (Å²) in [5.74, 6) is -0.644. The lowest BCUT2D eigenvalue weighted by atomic mass is 10.1. The first kappa shape index (κ1) is 17.5. The van der Waals surface area contributed by atoms with E-state index in [9.17, 15) is 9.59 Å².